The van der Waals surface area contributed by atoms with Gasteiger partial charge in [0.25, 0.3) is 5.91 Å². The van der Waals surface area contributed by atoms with E-state index in [2.05, 4.69) is 50.0 Å². The third kappa shape index (κ3) is 7.15. The van der Waals surface area contributed by atoms with Crippen molar-refractivity contribution in [1.29, 1.82) is 5.26 Å². The molecule has 1 aliphatic rings. The van der Waals surface area contributed by atoms with Crippen LogP contribution in [0.5, 0.6) is 0 Å². The van der Waals surface area contributed by atoms with Gasteiger partial charge in [-0.05, 0) is 87.1 Å². The first-order valence-corrected chi connectivity index (χ1v) is 13.3. The quantitative estimate of drug-likeness (QED) is 0.215. The van der Waals surface area contributed by atoms with E-state index in [9.17, 15) is 10.1 Å². The van der Waals surface area contributed by atoms with Gasteiger partial charge in [-0.15, -0.1) is 0 Å². The van der Waals surface area contributed by atoms with Crippen molar-refractivity contribution >= 4 is 28.8 Å². The number of halogens is 1. The summed E-state index contributed by atoms with van der Waals surface area (Å²) in [5.74, 6) is -0.102. The number of nitrogens with zero attached hydrogens (tertiary/aromatic N) is 5. The summed E-state index contributed by atoms with van der Waals surface area (Å²) in [4.78, 5) is 23.1. The number of carbonyl (C=O) groups is 1. The molecule has 190 valence electrons. The summed E-state index contributed by atoms with van der Waals surface area (Å²) in [7, 11) is 1.74. The molecule has 1 unspecified atom stereocenters. The molecular formula is C25H36ClN7OS. The molecule has 0 bridgehead atoms. The van der Waals surface area contributed by atoms with E-state index in [4.69, 9.17) is 17.3 Å². The number of piperidine rings is 1. The maximum atomic E-state index is 12.7. The molecule has 8 nitrogen and oxygen atoms in total. The van der Waals surface area contributed by atoms with Gasteiger partial charge in [-0.25, -0.2) is 4.98 Å². The number of thiophene rings is 1. The lowest BCUT2D eigenvalue weighted by Gasteiger charge is -2.43. The average Bonchev–Trinajstić information content (AvgIpc) is 3.34. The molecule has 0 radical (unpaired) electrons. The largest absolute Gasteiger partial charge is 0.352 e. The van der Waals surface area contributed by atoms with E-state index in [1.807, 2.05) is 13.8 Å². The molecule has 2 aromatic rings. The van der Waals surface area contributed by atoms with Gasteiger partial charge in [0.05, 0.1) is 11.3 Å². The highest BCUT2D eigenvalue weighted by atomic mass is 35.5. The zero-order valence-electron chi connectivity index (χ0n) is 21.0. The fraction of sp³-hybridized carbons (Fsp3) is 0.560. The summed E-state index contributed by atoms with van der Waals surface area (Å²) < 4.78 is 0. The molecule has 1 amide bonds. The molecule has 10 heteroatoms. The van der Waals surface area contributed by atoms with Crippen molar-refractivity contribution < 1.29 is 4.79 Å². The number of amides is 1. The van der Waals surface area contributed by atoms with Gasteiger partial charge in [-0.3, -0.25) is 20.3 Å². The summed E-state index contributed by atoms with van der Waals surface area (Å²) >= 11 is 7.66. The van der Waals surface area contributed by atoms with Gasteiger partial charge in [0.1, 0.15) is 11.4 Å². The van der Waals surface area contributed by atoms with Crippen LogP contribution in [0.25, 0.3) is 0 Å². The summed E-state index contributed by atoms with van der Waals surface area (Å²) in [6.07, 6.45) is 4.56. The second kappa shape index (κ2) is 12.7. The van der Waals surface area contributed by atoms with Gasteiger partial charge in [0.2, 0.25) is 0 Å². The van der Waals surface area contributed by atoms with E-state index in [1.54, 1.807) is 24.5 Å². The van der Waals surface area contributed by atoms with Crippen molar-refractivity contribution in [3.8, 4) is 6.19 Å². The number of hydrogen-bond acceptors (Lipinski definition) is 8. The number of nitrogens with two attached hydrogens (primary N) is 1. The standard InChI is InChI=1S/C25H36ClN7OS/c1-17-13-22(26)30-19(3)23(17)24(34)29-9-5-18(2)32-10-6-21(7-11-32)33(25(28)31(4)16-27)14-20-8-12-35-15-20/h8,12-13,15,18,21,25H,5-7,9-11,14,28H2,1-4H3,(H,29,34)/t18-,25?/m1/s1. The highest BCUT2D eigenvalue weighted by Crippen LogP contribution is 2.24. The van der Waals surface area contributed by atoms with Crippen LogP contribution < -0.4 is 11.1 Å². The molecule has 0 aromatic carbocycles. The molecule has 35 heavy (non-hydrogen) atoms. The van der Waals surface area contributed by atoms with Crippen LogP contribution >= 0.6 is 22.9 Å². The summed E-state index contributed by atoms with van der Waals surface area (Å²) in [5.41, 5.74) is 9.77. The van der Waals surface area contributed by atoms with Crippen LogP contribution in [0.2, 0.25) is 5.15 Å². The SMILES string of the molecule is Cc1cc(Cl)nc(C)c1C(=O)NCC[C@@H](C)N1CCC(N(Cc2ccsc2)C(N)N(C)C#N)CC1. The van der Waals surface area contributed by atoms with Crippen molar-refractivity contribution in [2.75, 3.05) is 26.7 Å². The molecule has 1 fully saturated rings. The van der Waals surface area contributed by atoms with E-state index in [0.717, 1.165) is 44.5 Å². The minimum Gasteiger partial charge on any atom is -0.352 e. The molecule has 2 aromatic heterocycles. The Morgan fingerprint density at radius 2 is 2.14 bits per heavy atom. The van der Waals surface area contributed by atoms with Gasteiger partial charge in [0, 0.05) is 32.2 Å². The predicted molar refractivity (Wildman–Crippen MR) is 141 cm³/mol. The minimum atomic E-state index is -0.446. The summed E-state index contributed by atoms with van der Waals surface area (Å²) in [5, 5.41) is 17.0. The van der Waals surface area contributed by atoms with Gasteiger partial charge >= 0.3 is 0 Å². The monoisotopic (exact) mass is 517 g/mol. The van der Waals surface area contributed by atoms with Crippen LogP contribution in [-0.2, 0) is 6.54 Å². The zero-order valence-corrected chi connectivity index (χ0v) is 22.6. The molecule has 3 N–H and O–H groups in total. The third-order valence-electron chi connectivity index (χ3n) is 6.87. The fourth-order valence-electron chi connectivity index (χ4n) is 4.77. The fourth-order valence-corrected chi connectivity index (χ4v) is 5.72. The number of carbonyl (C=O) groups excluding carboxylic acids is 1. The Morgan fingerprint density at radius 1 is 1.43 bits per heavy atom. The van der Waals surface area contributed by atoms with Crippen molar-refractivity contribution in [3.63, 3.8) is 0 Å². The number of nitriles is 1. The lowest BCUT2D eigenvalue weighted by atomic mass is 10.00. The molecule has 0 aliphatic carbocycles. The van der Waals surface area contributed by atoms with E-state index in [-0.39, 0.29) is 5.91 Å². The van der Waals surface area contributed by atoms with E-state index in [0.29, 0.717) is 35.0 Å². The van der Waals surface area contributed by atoms with Crippen LogP contribution in [0.15, 0.2) is 22.9 Å². The summed E-state index contributed by atoms with van der Waals surface area (Å²) in [6, 6.07) is 4.50. The minimum absolute atomic E-state index is 0.102. The van der Waals surface area contributed by atoms with Crippen molar-refractivity contribution in [1.82, 2.24) is 25.0 Å². The maximum Gasteiger partial charge on any atom is 0.253 e. The maximum absolute atomic E-state index is 12.7. The van der Waals surface area contributed by atoms with Crippen LogP contribution in [0.3, 0.4) is 0 Å². The van der Waals surface area contributed by atoms with Gasteiger partial charge in [0.15, 0.2) is 6.19 Å². The Kier molecular flexibility index (Phi) is 9.89. The highest BCUT2D eigenvalue weighted by Gasteiger charge is 2.31. The van der Waals surface area contributed by atoms with Gasteiger partial charge in [-0.1, -0.05) is 11.6 Å². The number of rotatable bonds is 10. The summed E-state index contributed by atoms with van der Waals surface area (Å²) in [6.45, 7) is 9.16. The predicted octanol–water partition coefficient (Wildman–Crippen LogP) is 3.54. The topological polar surface area (TPSA) is 102 Å². The van der Waals surface area contributed by atoms with Crippen LogP contribution in [-0.4, -0.2) is 70.6 Å². The second-order valence-corrected chi connectivity index (χ2v) is 10.5. The molecule has 0 spiro atoms. The number of pyridine rings is 1. The van der Waals surface area contributed by atoms with Crippen molar-refractivity contribution in [2.24, 2.45) is 5.73 Å². The number of hydrogen-bond donors (Lipinski definition) is 2. The lowest BCUT2D eigenvalue weighted by Crippen LogP contribution is -2.57. The first-order chi connectivity index (χ1) is 16.7. The Hall–Kier alpha value is -2.22. The van der Waals surface area contributed by atoms with Crippen LogP contribution in [0.1, 0.15) is 53.4 Å². The normalized spacial score (nSPS) is 16.6. The Bertz CT molecular complexity index is 994. The van der Waals surface area contributed by atoms with E-state index >= 15 is 0 Å². The number of likely N-dealkylation sites (tertiary alicyclic amines) is 1. The number of aromatic nitrogens is 1. The van der Waals surface area contributed by atoms with Crippen molar-refractivity contribution in [2.45, 2.75) is 65.0 Å². The highest BCUT2D eigenvalue weighted by molar-refractivity contribution is 7.07. The molecule has 3 rings (SSSR count). The first kappa shape index (κ1) is 27.4. The van der Waals surface area contributed by atoms with Crippen LogP contribution in [0, 0.1) is 25.3 Å². The van der Waals surface area contributed by atoms with E-state index < -0.39 is 6.29 Å². The Balaban J connectivity index is 1.51. The third-order valence-corrected chi connectivity index (χ3v) is 7.80. The molecule has 1 saturated heterocycles. The smallest absolute Gasteiger partial charge is 0.253 e. The second-order valence-electron chi connectivity index (χ2n) is 9.31. The molecule has 1 aliphatic heterocycles. The van der Waals surface area contributed by atoms with Gasteiger partial charge in [-0.2, -0.15) is 16.6 Å². The average molecular weight is 518 g/mol. The van der Waals surface area contributed by atoms with Gasteiger partial charge < -0.3 is 10.2 Å². The van der Waals surface area contributed by atoms with E-state index in [1.165, 1.54) is 10.5 Å². The molecule has 0 saturated carbocycles. The Labute approximate surface area is 217 Å². The zero-order chi connectivity index (χ0) is 25.5. The van der Waals surface area contributed by atoms with Crippen molar-refractivity contribution in [3.05, 3.63) is 50.4 Å². The molecule has 2 atom stereocenters. The lowest BCUT2D eigenvalue weighted by molar-refractivity contribution is 0.0130. The number of nitrogens with one attached hydrogen (secondary N) is 1. The first-order valence-electron chi connectivity index (χ1n) is 12.0. The van der Waals surface area contributed by atoms with Crippen LogP contribution in [0.4, 0.5) is 0 Å². The Morgan fingerprint density at radius 3 is 2.74 bits per heavy atom. The molecule has 3 heterocycles. The molecular weight excluding hydrogens is 482 g/mol. The number of aryl methyl sites for hydroxylation is 2.